The smallest absolute Gasteiger partial charge is 0.169 e. The Labute approximate surface area is 278 Å². The van der Waals surface area contributed by atoms with E-state index in [-0.39, 0.29) is 17.3 Å². The van der Waals surface area contributed by atoms with E-state index in [4.69, 9.17) is 23.7 Å². The van der Waals surface area contributed by atoms with Crippen LogP contribution in [0.2, 0.25) is 0 Å². The molecule has 0 aliphatic carbocycles. The molecule has 0 saturated heterocycles. The Kier molecular flexibility index (Phi) is 9.26. The van der Waals surface area contributed by atoms with Crippen molar-refractivity contribution in [1.82, 2.24) is 9.80 Å². The summed E-state index contributed by atoms with van der Waals surface area (Å²) in [6.45, 7) is 4.13. The van der Waals surface area contributed by atoms with Crippen molar-refractivity contribution in [2.45, 2.75) is 44.2 Å². The van der Waals surface area contributed by atoms with Gasteiger partial charge in [0.05, 0.1) is 28.4 Å². The van der Waals surface area contributed by atoms with Crippen LogP contribution in [0, 0.1) is 0 Å². The third-order valence-corrected chi connectivity index (χ3v) is 10.2. The highest BCUT2D eigenvalue weighted by Crippen LogP contribution is 2.45. The van der Waals surface area contributed by atoms with Crippen molar-refractivity contribution in [3.8, 4) is 40.2 Å². The highest BCUT2D eigenvalue weighted by molar-refractivity contribution is 5.55. The molecule has 4 aromatic carbocycles. The van der Waals surface area contributed by atoms with Gasteiger partial charge in [-0.05, 0) is 129 Å². The number of hydrogen-bond donors (Lipinski definition) is 1. The zero-order chi connectivity index (χ0) is 33.3. The molecule has 0 fully saturated rings. The van der Waals surface area contributed by atoms with Crippen LogP contribution < -0.4 is 23.7 Å². The maximum Gasteiger partial charge on any atom is 0.169 e. The molecule has 1 N–H and O–H groups in total. The van der Waals surface area contributed by atoms with E-state index in [1.807, 2.05) is 24.3 Å². The number of nitrogens with zero attached hydrogens (tertiary/aromatic N) is 2. The van der Waals surface area contributed by atoms with Gasteiger partial charge in [-0.3, -0.25) is 9.80 Å². The molecule has 248 valence electrons. The Morgan fingerprint density at radius 2 is 1.34 bits per heavy atom. The molecule has 0 amide bonds. The van der Waals surface area contributed by atoms with Crippen molar-refractivity contribution in [3.63, 3.8) is 0 Å². The summed E-state index contributed by atoms with van der Waals surface area (Å²) in [5, 5.41) is 11.0. The first-order valence-corrected chi connectivity index (χ1v) is 16.2. The minimum absolute atomic E-state index is 0.0781. The molecule has 0 spiro atoms. The maximum absolute atomic E-state index is 11.0. The lowest BCUT2D eigenvalue weighted by molar-refractivity contribution is 0.122. The van der Waals surface area contributed by atoms with Crippen molar-refractivity contribution < 1.29 is 28.8 Å². The molecule has 2 atom stereocenters. The zero-order valence-corrected chi connectivity index (χ0v) is 28.6. The Morgan fingerprint density at radius 3 is 2.04 bits per heavy atom. The van der Waals surface area contributed by atoms with Crippen molar-refractivity contribution in [2.24, 2.45) is 0 Å². The van der Waals surface area contributed by atoms with Crippen LogP contribution in [-0.4, -0.2) is 70.5 Å². The van der Waals surface area contributed by atoms with Crippen LogP contribution >= 0.6 is 0 Å². The number of likely N-dealkylation sites (N-methyl/N-ethyl adjacent to an activating group) is 2. The lowest BCUT2D eigenvalue weighted by atomic mass is 9.78. The summed E-state index contributed by atoms with van der Waals surface area (Å²) < 4.78 is 29.0. The lowest BCUT2D eigenvalue weighted by Crippen LogP contribution is -2.47. The Morgan fingerprint density at radius 1 is 0.702 bits per heavy atom. The minimum Gasteiger partial charge on any atom is -0.504 e. The highest BCUT2D eigenvalue weighted by atomic mass is 16.5. The standard InChI is InChI=1S/C39H46N2O6/c1-39(31-23-37(46-7)35(44-5)21-28(31)15-17-41(39)3)24-26-10-13-33(42)34(19-26)47-38-22-30-27(20-36(38)45-6)14-16-40(2)32(30)18-25-8-11-29(43-4)12-9-25/h8-13,19-23,32,42H,14-18,24H2,1-7H3/t32-,39-/m1/s1. The monoisotopic (exact) mass is 638 g/mol. The van der Waals surface area contributed by atoms with E-state index in [1.54, 1.807) is 34.5 Å². The Bertz CT molecular complexity index is 1740. The predicted octanol–water partition coefficient (Wildman–Crippen LogP) is 6.94. The molecule has 47 heavy (non-hydrogen) atoms. The van der Waals surface area contributed by atoms with Gasteiger partial charge >= 0.3 is 0 Å². The molecular formula is C39H46N2O6. The molecule has 0 bridgehead atoms. The number of fused-ring (bicyclic) bond motifs is 2. The topological polar surface area (TPSA) is 72.9 Å². The van der Waals surface area contributed by atoms with E-state index in [1.165, 1.54) is 27.8 Å². The maximum atomic E-state index is 11.0. The van der Waals surface area contributed by atoms with Crippen molar-refractivity contribution in [3.05, 3.63) is 100 Å². The molecule has 0 unspecified atom stereocenters. The molecule has 2 aliphatic heterocycles. The van der Waals surface area contributed by atoms with E-state index >= 15 is 0 Å². The van der Waals surface area contributed by atoms with Crippen LogP contribution in [0.1, 0.15) is 46.3 Å². The van der Waals surface area contributed by atoms with Crippen molar-refractivity contribution in [1.29, 1.82) is 0 Å². The van der Waals surface area contributed by atoms with Crippen LogP contribution in [0.3, 0.4) is 0 Å². The largest absolute Gasteiger partial charge is 0.504 e. The van der Waals surface area contributed by atoms with E-state index in [0.717, 1.165) is 55.2 Å². The van der Waals surface area contributed by atoms with Crippen LogP contribution in [0.5, 0.6) is 40.2 Å². The van der Waals surface area contributed by atoms with Gasteiger partial charge < -0.3 is 28.8 Å². The first-order chi connectivity index (χ1) is 22.7. The summed E-state index contributed by atoms with van der Waals surface area (Å²) >= 11 is 0. The summed E-state index contributed by atoms with van der Waals surface area (Å²) in [4.78, 5) is 4.78. The third kappa shape index (κ3) is 6.32. The fourth-order valence-electron chi connectivity index (χ4n) is 7.19. The van der Waals surface area contributed by atoms with Gasteiger partial charge in [-0.15, -0.1) is 0 Å². The van der Waals surface area contributed by atoms with Crippen molar-refractivity contribution in [2.75, 3.05) is 55.6 Å². The van der Waals surface area contributed by atoms with Crippen LogP contribution in [0.15, 0.2) is 66.7 Å². The highest BCUT2D eigenvalue weighted by Gasteiger charge is 2.38. The zero-order valence-electron chi connectivity index (χ0n) is 28.6. The second-order valence-corrected chi connectivity index (χ2v) is 12.9. The third-order valence-electron chi connectivity index (χ3n) is 10.2. The number of rotatable bonds is 10. The fraction of sp³-hybridized carbons (Fsp3) is 0.385. The number of hydrogen-bond acceptors (Lipinski definition) is 8. The molecule has 8 nitrogen and oxygen atoms in total. The normalized spacial score (nSPS) is 19.4. The number of benzene rings is 4. The number of aromatic hydroxyl groups is 1. The summed E-state index contributed by atoms with van der Waals surface area (Å²) in [6, 6.07) is 22.5. The van der Waals surface area contributed by atoms with E-state index in [2.05, 4.69) is 67.2 Å². The number of methoxy groups -OCH3 is 4. The second kappa shape index (κ2) is 13.4. The van der Waals surface area contributed by atoms with E-state index < -0.39 is 0 Å². The number of phenols is 1. The van der Waals surface area contributed by atoms with Gasteiger partial charge in [0.1, 0.15) is 5.75 Å². The first kappa shape index (κ1) is 32.5. The number of ether oxygens (including phenoxy) is 5. The van der Waals surface area contributed by atoms with Crippen LogP contribution in [-0.2, 0) is 31.2 Å². The molecule has 2 heterocycles. The lowest BCUT2D eigenvalue weighted by Gasteiger charge is -2.45. The van der Waals surface area contributed by atoms with Gasteiger partial charge in [0, 0.05) is 24.7 Å². The van der Waals surface area contributed by atoms with Crippen LogP contribution in [0.25, 0.3) is 0 Å². The predicted molar refractivity (Wildman–Crippen MR) is 184 cm³/mol. The quantitative estimate of drug-likeness (QED) is 0.200. The first-order valence-electron chi connectivity index (χ1n) is 16.2. The molecule has 0 aromatic heterocycles. The molecule has 2 aliphatic rings. The van der Waals surface area contributed by atoms with Gasteiger partial charge in [0.25, 0.3) is 0 Å². The van der Waals surface area contributed by atoms with Crippen LogP contribution in [0.4, 0.5) is 0 Å². The summed E-state index contributed by atoms with van der Waals surface area (Å²) in [5.74, 6) is 4.02. The molecule has 6 rings (SSSR count). The van der Waals surface area contributed by atoms with Gasteiger partial charge in [-0.2, -0.15) is 0 Å². The summed E-state index contributed by atoms with van der Waals surface area (Å²) in [5.41, 5.74) is 6.89. The molecular weight excluding hydrogens is 592 g/mol. The average molecular weight is 639 g/mol. The number of phenolic OH excluding ortho intramolecular Hbond substituents is 1. The average Bonchev–Trinajstić information content (AvgIpc) is 3.09. The van der Waals surface area contributed by atoms with Gasteiger partial charge in [0.15, 0.2) is 34.5 Å². The molecule has 0 radical (unpaired) electrons. The summed E-state index contributed by atoms with van der Waals surface area (Å²) in [6.07, 6.45) is 3.41. The molecule has 0 saturated carbocycles. The minimum atomic E-state index is -0.315. The van der Waals surface area contributed by atoms with E-state index in [9.17, 15) is 5.11 Å². The second-order valence-electron chi connectivity index (χ2n) is 12.9. The van der Waals surface area contributed by atoms with Crippen molar-refractivity contribution >= 4 is 0 Å². The van der Waals surface area contributed by atoms with E-state index in [0.29, 0.717) is 23.7 Å². The molecule has 4 aromatic rings. The Hall–Kier alpha value is -4.40. The van der Waals surface area contributed by atoms with Gasteiger partial charge in [-0.1, -0.05) is 18.2 Å². The summed E-state index contributed by atoms with van der Waals surface area (Å²) in [7, 11) is 11.0. The fourth-order valence-corrected chi connectivity index (χ4v) is 7.19. The SMILES string of the molecule is COc1ccc(C[C@@H]2c3cc(Oc4cc(C[C@]5(C)c6cc(OC)c(OC)cc6CCN5C)ccc4O)c(OC)cc3CCN2C)cc1. The molecule has 8 heteroatoms. The Balaban J connectivity index is 1.32. The van der Waals surface area contributed by atoms with Gasteiger partial charge in [-0.25, -0.2) is 0 Å². The van der Waals surface area contributed by atoms with Gasteiger partial charge in [0.2, 0.25) is 0 Å².